The molecule has 0 aromatic heterocycles. The standard InChI is InChI=1S/C12H11O3P/c13-16(14,15)7-11-10-6-5-8-3-1-2-4-9(8)12(10)11/h1-6,11H,7H2,(H2,13,14,15). The summed E-state index contributed by atoms with van der Waals surface area (Å²) < 4.78 is 11.0. The summed E-state index contributed by atoms with van der Waals surface area (Å²) >= 11 is 0. The van der Waals surface area contributed by atoms with Gasteiger partial charge in [-0.1, -0.05) is 36.4 Å². The van der Waals surface area contributed by atoms with E-state index in [1.807, 2.05) is 36.4 Å². The summed E-state index contributed by atoms with van der Waals surface area (Å²) in [7, 11) is -3.92. The Hall–Kier alpha value is -1.15. The monoisotopic (exact) mass is 234 g/mol. The Kier molecular flexibility index (Phi) is 1.99. The molecule has 2 N–H and O–H groups in total. The van der Waals surface area contributed by atoms with E-state index < -0.39 is 7.60 Å². The van der Waals surface area contributed by atoms with Gasteiger partial charge in [-0.15, -0.1) is 0 Å². The first-order valence-corrected chi connectivity index (χ1v) is 6.92. The van der Waals surface area contributed by atoms with Gasteiger partial charge in [-0.3, -0.25) is 4.57 Å². The Morgan fingerprint density at radius 3 is 2.62 bits per heavy atom. The number of fused-ring (bicyclic) bond motifs is 3. The van der Waals surface area contributed by atoms with E-state index >= 15 is 0 Å². The molecule has 0 heterocycles. The van der Waals surface area contributed by atoms with Crippen molar-refractivity contribution in [3.63, 3.8) is 0 Å². The molecule has 0 amide bonds. The second kappa shape index (κ2) is 3.17. The molecular formula is C12H11O3P. The lowest BCUT2D eigenvalue weighted by molar-refractivity contribution is 0.372. The molecular weight excluding hydrogens is 223 g/mol. The van der Waals surface area contributed by atoms with Crippen molar-refractivity contribution in [2.75, 3.05) is 6.16 Å². The van der Waals surface area contributed by atoms with E-state index in [4.69, 9.17) is 9.79 Å². The molecule has 2 aromatic carbocycles. The van der Waals surface area contributed by atoms with Crippen LogP contribution in [0.25, 0.3) is 10.8 Å². The summed E-state index contributed by atoms with van der Waals surface area (Å²) in [5, 5.41) is 2.26. The highest BCUT2D eigenvalue weighted by molar-refractivity contribution is 7.51. The highest BCUT2D eigenvalue weighted by Gasteiger charge is 2.38. The highest BCUT2D eigenvalue weighted by atomic mass is 31.2. The maximum Gasteiger partial charge on any atom is 0.326 e. The normalized spacial score (nSPS) is 18.5. The van der Waals surface area contributed by atoms with Gasteiger partial charge >= 0.3 is 7.60 Å². The molecule has 0 fully saturated rings. The quantitative estimate of drug-likeness (QED) is 0.785. The minimum atomic E-state index is -3.92. The van der Waals surface area contributed by atoms with Crippen LogP contribution < -0.4 is 0 Å². The van der Waals surface area contributed by atoms with E-state index in [1.54, 1.807) is 0 Å². The van der Waals surface area contributed by atoms with E-state index in [0.29, 0.717) is 0 Å². The smallest absolute Gasteiger partial charge is 0.324 e. The first-order chi connectivity index (χ1) is 7.56. The number of hydrogen-bond acceptors (Lipinski definition) is 1. The van der Waals surface area contributed by atoms with E-state index in [0.717, 1.165) is 21.9 Å². The maximum absolute atomic E-state index is 11.0. The molecule has 0 bridgehead atoms. The number of benzene rings is 2. The molecule has 3 rings (SSSR count). The summed E-state index contributed by atoms with van der Waals surface area (Å²) in [6.45, 7) is 0. The van der Waals surface area contributed by atoms with Gasteiger partial charge in [0.2, 0.25) is 0 Å². The van der Waals surface area contributed by atoms with Crippen LogP contribution in [0.4, 0.5) is 0 Å². The molecule has 0 aliphatic heterocycles. The summed E-state index contributed by atoms with van der Waals surface area (Å²) in [4.78, 5) is 18.0. The Balaban J connectivity index is 2.05. The van der Waals surface area contributed by atoms with Crippen LogP contribution in [-0.2, 0) is 4.57 Å². The van der Waals surface area contributed by atoms with Crippen molar-refractivity contribution in [3.8, 4) is 0 Å². The fraction of sp³-hybridized carbons (Fsp3) is 0.167. The van der Waals surface area contributed by atoms with Crippen LogP contribution in [-0.4, -0.2) is 15.9 Å². The van der Waals surface area contributed by atoms with Gasteiger partial charge in [0.25, 0.3) is 0 Å². The van der Waals surface area contributed by atoms with Crippen LogP contribution in [0, 0.1) is 0 Å². The summed E-state index contributed by atoms with van der Waals surface area (Å²) in [6.07, 6.45) is -0.0592. The van der Waals surface area contributed by atoms with Crippen LogP contribution in [0.2, 0.25) is 0 Å². The van der Waals surface area contributed by atoms with Gasteiger partial charge in [0.05, 0.1) is 6.16 Å². The largest absolute Gasteiger partial charge is 0.326 e. The third-order valence-corrected chi connectivity index (χ3v) is 3.91. The Bertz CT molecular complexity index is 615. The lowest BCUT2D eigenvalue weighted by atomic mass is 10.1. The molecule has 82 valence electrons. The fourth-order valence-electron chi connectivity index (χ4n) is 2.33. The number of hydrogen-bond donors (Lipinski definition) is 2. The molecule has 1 unspecified atom stereocenters. The first kappa shape index (κ1) is 10.0. The van der Waals surface area contributed by atoms with Gasteiger partial charge in [-0.2, -0.15) is 0 Å². The molecule has 1 atom stereocenters. The van der Waals surface area contributed by atoms with Crippen LogP contribution >= 0.6 is 7.60 Å². The molecule has 4 heteroatoms. The maximum atomic E-state index is 11.0. The van der Waals surface area contributed by atoms with Crippen LogP contribution in [0.3, 0.4) is 0 Å². The number of rotatable bonds is 2. The predicted octanol–water partition coefficient (Wildman–Crippen LogP) is 2.46. The Morgan fingerprint density at radius 1 is 1.12 bits per heavy atom. The second-order valence-corrected chi connectivity index (χ2v) is 5.88. The van der Waals surface area contributed by atoms with Crippen molar-refractivity contribution in [1.29, 1.82) is 0 Å². The summed E-state index contributed by atoms with van der Waals surface area (Å²) in [5.74, 6) is -0.0410. The van der Waals surface area contributed by atoms with Crippen LogP contribution in [0.5, 0.6) is 0 Å². The zero-order valence-electron chi connectivity index (χ0n) is 8.50. The van der Waals surface area contributed by atoms with Gasteiger partial charge in [0.15, 0.2) is 0 Å². The van der Waals surface area contributed by atoms with Crippen molar-refractivity contribution < 1.29 is 14.4 Å². The average molecular weight is 234 g/mol. The third kappa shape index (κ3) is 1.57. The summed E-state index contributed by atoms with van der Waals surface area (Å²) in [6, 6.07) is 11.9. The average Bonchev–Trinajstić information content (AvgIpc) is 2.90. The molecule has 0 radical (unpaired) electrons. The molecule has 3 nitrogen and oxygen atoms in total. The van der Waals surface area contributed by atoms with Gasteiger partial charge in [0, 0.05) is 5.92 Å². The van der Waals surface area contributed by atoms with E-state index in [-0.39, 0.29) is 12.1 Å². The summed E-state index contributed by atoms with van der Waals surface area (Å²) in [5.41, 5.74) is 2.20. The third-order valence-electron chi connectivity index (χ3n) is 3.07. The molecule has 16 heavy (non-hydrogen) atoms. The van der Waals surface area contributed by atoms with Crippen LogP contribution in [0.1, 0.15) is 17.0 Å². The van der Waals surface area contributed by atoms with Gasteiger partial charge in [-0.25, -0.2) is 0 Å². The van der Waals surface area contributed by atoms with Crippen LogP contribution in [0.15, 0.2) is 36.4 Å². The fourth-order valence-corrected chi connectivity index (χ4v) is 3.19. The SMILES string of the molecule is O=P(O)(O)CC1c2ccc3ccccc3c21. The van der Waals surface area contributed by atoms with E-state index in [2.05, 4.69) is 0 Å². The minimum Gasteiger partial charge on any atom is -0.324 e. The first-order valence-electron chi connectivity index (χ1n) is 5.12. The van der Waals surface area contributed by atoms with Crippen molar-refractivity contribution in [2.45, 2.75) is 5.92 Å². The van der Waals surface area contributed by atoms with Crippen molar-refractivity contribution in [1.82, 2.24) is 0 Å². The van der Waals surface area contributed by atoms with E-state index in [1.165, 1.54) is 0 Å². The van der Waals surface area contributed by atoms with Gasteiger partial charge in [-0.05, 0) is 21.9 Å². The minimum absolute atomic E-state index is 0.0410. The predicted molar refractivity (Wildman–Crippen MR) is 62.7 cm³/mol. The molecule has 0 spiro atoms. The van der Waals surface area contributed by atoms with Gasteiger partial charge in [0.1, 0.15) is 0 Å². The zero-order chi connectivity index (χ0) is 11.3. The van der Waals surface area contributed by atoms with Crippen molar-refractivity contribution in [2.24, 2.45) is 0 Å². The molecule has 1 aliphatic rings. The van der Waals surface area contributed by atoms with E-state index in [9.17, 15) is 4.57 Å². The molecule has 0 saturated carbocycles. The molecule has 0 saturated heterocycles. The zero-order valence-corrected chi connectivity index (χ0v) is 9.39. The molecule has 1 aliphatic carbocycles. The van der Waals surface area contributed by atoms with Crippen molar-refractivity contribution in [3.05, 3.63) is 47.5 Å². The highest BCUT2D eigenvalue weighted by Crippen LogP contribution is 2.54. The second-order valence-electron chi connectivity index (χ2n) is 4.19. The topological polar surface area (TPSA) is 57.5 Å². The van der Waals surface area contributed by atoms with Gasteiger partial charge < -0.3 is 9.79 Å². The van der Waals surface area contributed by atoms with Crippen molar-refractivity contribution >= 4 is 18.4 Å². The Morgan fingerprint density at radius 2 is 1.88 bits per heavy atom. The lowest BCUT2D eigenvalue weighted by Gasteiger charge is -2.00. The lowest BCUT2D eigenvalue weighted by Crippen LogP contribution is -1.88. The Labute approximate surface area is 92.9 Å². The molecule has 2 aromatic rings.